The first-order valence-corrected chi connectivity index (χ1v) is 9.27. The van der Waals surface area contributed by atoms with Gasteiger partial charge < -0.3 is 9.73 Å². The zero-order valence-corrected chi connectivity index (χ0v) is 15.7. The molecule has 0 fully saturated rings. The van der Waals surface area contributed by atoms with E-state index in [-0.39, 0.29) is 6.04 Å². The average molecular weight is 448 g/mol. The minimum Gasteiger partial charge on any atom is -0.463 e. The number of halogens is 1. The van der Waals surface area contributed by atoms with E-state index in [1.807, 2.05) is 24.3 Å². The zero-order chi connectivity index (χ0) is 16.5. The van der Waals surface area contributed by atoms with Crippen molar-refractivity contribution in [2.75, 3.05) is 12.4 Å². The maximum Gasteiger partial charge on any atom is 0.152 e. The molecule has 0 aromatic carbocycles. The number of fused-ring (bicyclic) bond motifs is 1. The molecule has 4 heterocycles. The average Bonchev–Trinajstić information content (AvgIpc) is 3.24. The highest BCUT2D eigenvalue weighted by atomic mass is 127. The van der Waals surface area contributed by atoms with Crippen LogP contribution in [-0.4, -0.2) is 23.6 Å². The maximum atomic E-state index is 5.62. The molecule has 1 atom stereocenters. The Morgan fingerprint density at radius 2 is 2.25 bits per heavy atom. The lowest BCUT2D eigenvalue weighted by atomic mass is 10.1. The number of hydrogen-bond donors (Lipinski definition) is 1. The van der Waals surface area contributed by atoms with E-state index in [9.17, 15) is 0 Å². The number of nitrogens with zero attached hydrogens (tertiary/aromatic N) is 3. The molecule has 5 nitrogen and oxygen atoms in total. The Morgan fingerprint density at radius 3 is 2.96 bits per heavy atom. The predicted molar refractivity (Wildman–Crippen MR) is 105 cm³/mol. The van der Waals surface area contributed by atoms with Gasteiger partial charge in [0.2, 0.25) is 0 Å². The van der Waals surface area contributed by atoms with Crippen molar-refractivity contribution in [3.63, 3.8) is 0 Å². The molecule has 1 aliphatic rings. The lowest BCUT2D eigenvalue weighted by molar-refractivity contribution is 0.557. The highest BCUT2D eigenvalue weighted by molar-refractivity contribution is 14.1. The van der Waals surface area contributed by atoms with Crippen LogP contribution in [-0.2, 0) is 0 Å². The summed E-state index contributed by atoms with van der Waals surface area (Å²) >= 11 is 3.99. The monoisotopic (exact) mass is 448 g/mol. The van der Waals surface area contributed by atoms with Crippen molar-refractivity contribution in [2.24, 2.45) is 9.98 Å². The first-order chi connectivity index (χ1) is 11.8. The fourth-order valence-corrected chi connectivity index (χ4v) is 4.34. The molecule has 0 amide bonds. The highest BCUT2D eigenvalue weighted by Crippen LogP contribution is 2.32. The number of anilines is 1. The molecule has 24 heavy (non-hydrogen) atoms. The number of rotatable bonds is 2. The van der Waals surface area contributed by atoms with Crippen molar-refractivity contribution in [2.45, 2.75) is 6.04 Å². The van der Waals surface area contributed by atoms with Crippen LogP contribution < -0.4 is 5.32 Å². The summed E-state index contributed by atoms with van der Waals surface area (Å²) in [6.07, 6.45) is 3.41. The Kier molecular flexibility index (Phi) is 4.19. The zero-order valence-electron chi connectivity index (χ0n) is 12.7. The van der Waals surface area contributed by atoms with Crippen LogP contribution in [0.5, 0.6) is 0 Å². The Morgan fingerprint density at radius 1 is 1.33 bits per heavy atom. The topological polar surface area (TPSA) is 62.8 Å². The van der Waals surface area contributed by atoms with Crippen LogP contribution in [0.3, 0.4) is 0 Å². The third-order valence-electron chi connectivity index (χ3n) is 3.68. The Hall–Kier alpha value is -2.00. The van der Waals surface area contributed by atoms with Gasteiger partial charge in [-0.2, -0.15) is 0 Å². The van der Waals surface area contributed by atoms with Crippen molar-refractivity contribution >= 4 is 51.3 Å². The van der Waals surface area contributed by atoms with Gasteiger partial charge in [-0.3, -0.25) is 9.98 Å². The van der Waals surface area contributed by atoms with E-state index in [0.29, 0.717) is 0 Å². The molecular formula is C17H13IN4OS. The van der Waals surface area contributed by atoms with Gasteiger partial charge in [-0.05, 0) is 52.9 Å². The summed E-state index contributed by atoms with van der Waals surface area (Å²) < 4.78 is 6.81. The second-order valence-corrected chi connectivity index (χ2v) is 7.35. The van der Waals surface area contributed by atoms with E-state index in [4.69, 9.17) is 9.41 Å². The fourth-order valence-electron chi connectivity index (χ4n) is 2.60. The molecule has 1 aliphatic heterocycles. The van der Waals surface area contributed by atoms with E-state index < -0.39 is 0 Å². The number of hydrogen-bond acceptors (Lipinski definition) is 5. The van der Waals surface area contributed by atoms with Crippen LogP contribution in [0.2, 0.25) is 0 Å². The smallest absolute Gasteiger partial charge is 0.152 e. The Balaban J connectivity index is 1.94. The molecule has 1 N–H and O–H groups in total. The number of pyridine rings is 1. The molecule has 0 radical (unpaired) electrons. The van der Waals surface area contributed by atoms with Crippen molar-refractivity contribution < 1.29 is 4.42 Å². The standard InChI is InChI=1S/C17H13IN4OS/c1-19-17-15(13-8-10(18)9-24-13)21-14(12-5-3-7-23-12)11-4-2-6-20-16(11)22-17/h2-9,15H,1H3,(H,19,20,22). The van der Waals surface area contributed by atoms with E-state index in [1.165, 1.54) is 3.57 Å². The molecule has 0 saturated carbocycles. The number of aromatic nitrogens is 1. The van der Waals surface area contributed by atoms with Crippen LogP contribution in [0.25, 0.3) is 0 Å². The molecule has 1 unspecified atom stereocenters. The van der Waals surface area contributed by atoms with Crippen LogP contribution in [0.4, 0.5) is 5.82 Å². The number of aliphatic imine (C=N–C) groups is 2. The van der Waals surface area contributed by atoms with E-state index in [0.717, 1.165) is 33.6 Å². The second-order valence-electron chi connectivity index (χ2n) is 5.16. The molecular weight excluding hydrogens is 435 g/mol. The van der Waals surface area contributed by atoms with Crippen molar-refractivity contribution in [3.8, 4) is 0 Å². The SMILES string of the molecule is CN=C1Nc2ncccc2C(c2ccco2)=NC1c1cc(I)cs1. The molecule has 3 aromatic rings. The molecule has 3 aromatic heterocycles. The highest BCUT2D eigenvalue weighted by Gasteiger charge is 2.27. The minimum absolute atomic E-state index is 0.210. The second kappa shape index (κ2) is 6.48. The summed E-state index contributed by atoms with van der Waals surface area (Å²) in [6, 6.07) is 9.59. The molecule has 0 spiro atoms. The molecule has 0 saturated heterocycles. The summed E-state index contributed by atoms with van der Waals surface area (Å²) in [4.78, 5) is 15.0. The molecule has 7 heteroatoms. The van der Waals surface area contributed by atoms with Gasteiger partial charge in [0.05, 0.1) is 6.26 Å². The number of furan rings is 1. The summed E-state index contributed by atoms with van der Waals surface area (Å²) in [5, 5.41) is 5.46. The first-order valence-electron chi connectivity index (χ1n) is 7.31. The summed E-state index contributed by atoms with van der Waals surface area (Å²) in [7, 11) is 1.77. The van der Waals surface area contributed by atoms with E-state index >= 15 is 0 Å². The van der Waals surface area contributed by atoms with Gasteiger partial charge >= 0.3 is 0 Å². The van der Waals surface area contributed by atoms with E-state index in [1.54, 1.807) is 30.8 Å². The number of nitrogens with one attached hydrogen (secondary N) is 1. The molecule has 0 bridgehead atoms. The number of amidine groups is 1. The van der Waals surface area contributed by atoms with Crippen molar-refractivity contribution in [1.82, 2.24) is 4.98 Å². The van der Waals surface area contributed by atoms with Crippen molar-refractivity contribution in [3.05, 3.63) is 67.9 Å². The number of thiophene rings is 1. The lowest BCUT2D eigenvalue weighted by Gasteiger charge is -2.13. The Bertz CT molecular complexity index is 930. The summed E-state index contributed by atoms with van der Waals surface area (Å²) in [5.74, 6) is 2.23. The fraction of sp³-hybridized carbons (Fsp3) is 0.118. The van der Waals surface area contributed by atoms with Crippen LogP contribution in [0, 0.1) is 3.57 Å². The summed E-state index contributed by atoms with van der Waals surface area (Å²) in [5.41, 5.74) is 1.69. The summed E-state index contributed by atoms with van der Waals surface area (Å²) in [6.45, 7) is 0. The quantitative estimate of drug-likeness (QED) is 0.593. The normalized spacial score (nSPS) is 18.7. The van der Waals surface area contributed by atoms with E-state index in [2.05, 4.69) is 49.3 Å². The van der Waals surface area contributed by atoms with Gasteiger partial charge in [0.1, 0.15) is 23.4 Å². The van der Waals surface area contributed by atoms with Gasteiger partial charge in [0.25, 0.3) is 0 Å². The Labute approximate surface area is 156 Å². The maximum absolute atomic E-state index is 5.62. The predicted octanol–water partition coefficient (Wildman–Crippen LogP) is 4.37. The van der Waals surface area contributed by atoms with Crippen LogP contribution in [0.1, 0.15) is 22.2 Å². The minimum atomic E-state index is -0.210. The van der Waals surface area contributed by atoms with Crippen molar-refractivity contribution in [1.29, 1.82) is 0 Å². The van der Waals surface area contributed by atoms with Gasteiger partial charge in [0, 0.05) is 32.6 Å². The van der Waals surface area contributed by atoms with Crippen LogP contribution in [0.15, 0.2) is 62.6 Å². The van der Waals surface area contributed by atoms with Crippen LogP contribution >= 0.6 is 33.9 Å². The first kappa shape index (κ1) is 15.5. The van der Waals surface area contributed by atoms with Gasteiger partial charge in [-0.15, -0.1) is 11.3 Å². The third kappa shape index (κ3) is 2.78. The van der Waals surface area contributed by atoms with Gasteiger partial charge in [-0.25, -0.2) is 4.98 Å². The lowest BCUT2D eigenvalue weighted by Crippen LogP contribution is -2.19. The molecule has 120 valence electrons. The molecule has 0 aliphatic carbocycles. The van der Waals surface area contributed by atoms with Gasteiger partial charge in [0.15, 0.2) is 5.76 Å². The molecule has 4 rings (SSSR count). The largest absolute Gasteiger partial charge is 0.463 e. The van der Waals surface area contributed by atoms with Gasteiger partial charge in [-0.1, -0.05) is 0 Å². The third-order valence-corrected chi connectivity index (χ3v) is 5.71.